The predicted molar refractivity (Wildman–Crippen MR) is 242 cm³/mol. The molecule has 0 radical (unpaired) electrons. The molecular formula is C52H54N6O6+2. The van der Waals surface area contributed by atoms with Gasteiger partial charge in [0, 0.05) is 102 Å². The molecule has 9 aliphatic rings. The summed E-state index contributed by atoms with van der Waals surface area (Å²) in [5.74, 6) is 1.02. The van der Waals surface area contributed by atoms with Crippen molar-refractivity contribution in [3.8, 4) is 0 Å². The van der Waals surface area contributed by atoms with Crippen LogP contribution in [0, 0.1) is 43.9 Å². The number of quaternary nitrogens is 2. The molecule has 2 saturated carbocycles. The van der Waals surface area contributed by atoms with Crippen LogP contribution in [-0.4, -0.2) is 93.7 Å². The van der Waals surface area contributed by atoms with Crippen LogP contribution in [0.25, 0.3) is 0 Å². The van der Waals surface area contributed by atoms with E-state index in [1.165, 1.54) is 33.7 Å². The van der Waals surface area contributed by atoms with Gasteiger partial charge in [-0.1, -0.05) is 48.6 Å². The Balaban J connectivity index is 0.996. The Morgan fingerprint density at radius 2 is 1.53 bits per heavy atom. The van der Waals surface area contributed by atoms with Crippen molar-refractivity contribution in [2.45, 2.75) is 74.6 Å². The van der Waals surface area contributed by atoms with Gasteiger partial charge < -0.3 is 28.6 Å². The van der Waals surface area contributed by atoms with Gasteiger partial charge in [-0.05, 0) is 64.7 Å². The van der Waals surface area contributed by atoms with Crippen molar-refractivity contribution in [3.05, 3.63) is 175 Å². The largest absolute Gasteiger partial charge is 0.392 e. The summed E-state index contributed by atoms with van der Waals surface area (Å²) in [4.78, 5) is 28.2. The van der Waals surface area contributed by atoms with Crippen molar-refractivity contribution in [2.75, 3.05) is 49.2 Å². The second kappa shape index (κ2) is 13.9. The number of aliphatic hydroxyl groups excluding tert-OH is 1. The average molecular weight is 859 g/mol. The first-order valence-electron chi connectivity index (χ1n) is 23.4. The van der Waals surface area contributed by atoms with Crippen molar-refractivity contribution in [2.24, 2.45) is 23.7 Å². The van der Waals surface area contributed by atoms with E-state index in [1.54, 1.807) is 24.3 Å². The van der Waals surface area contributed by atoms with Crippen LogP contribution >= 0.6 is 0 Å². The molecule has 4 aromatic carbocycles. The van der Waals surface area contributed by atoms with Gasteiger partial charge in [0.2, 0.25) is 0 Å². The number of ether oxygens (including phenoxy) is 1. The number of rotatable bonds is 8. The number of benzene rings is 4. The molecule has 0 amide bonds. The van der Waals surface area contributed by atoms with Gasteiger partial charge in [-0.2, -0.15) is 0 Å². The van der Waals surface area contributed by atoms with Crippen molar-refractivity contribution in [3.63, 3.8) is 0 Å². The zero-order valence-corrected chi connectivity index (χ0v) is 35.9. The molecule has 12 atom stereocenters. The zero-order chi connectivity index (χ0) is 43.1. The maximum Gasteiger partial charge on any atom is 0.269 e. The van der Waals surface area contributed by atoms with E-state index in [0.717, 1.165) is 85.0 Å². The lowest BCUT2D eigenvalue weighted by molar-refractivity contribution is -0.955. The van der Waals surface area contributed by atoms with Crippen molar-refractivity contribution >= 4 is 22.7 Å². The minimum absolute atomic E-state index is 0.0174. The van der Waals surface area contributed by atoms with Crippen molar-refractivity contribution in [1.82, 2.24) is 0 Å². The quantitative estimate of drug-likeness (QED) is 0.0826. The topological polar surface area (TPSA) is 122 Å². The van der Waals surface area contributed by atoms with E-state index in [4.69, 9.17) is 4.74 Å². The second-order valence-electron chi connectivity index (χ2n) is 20.5. The van der Waals surface area contributed by atoms with Gasteiger partial charge in [0.25, 0.3) is 11.4 Å². The van der Waals surface area contributed by atoms with Crippen LogP contribution in [0.3, 0.4) is 0 Å². The fraction of sp³-hybridized carbons (Fsp3) is 0.423. The molecular weight excluding hydrogens is 805 g/mol. The predicted octanol–water partition coefficient (Wildman–Crippen LogP) is 7.78. The Hall–Kier alpha value is -5.66. The van der Waals surface area contributed by atoms with E-state index in [1.807, 2.05) is 24.3 Å². The van der Waals surface area contributed by atoms with E-state index in [0.29, 0.717) is 30.5 Å². The van der Waals surface area contributed by atoms with Crippen LogP contribution in [-0.2, 0) is 23.2 Å². The van der Waals surface area contributed by atoms with Crippen molar-refractivity contribution in [1.29, 1.82) is 0 Å². The zero-order valence-electron chi connectivity index (χ0n) is 35.9. The first-order valence-corrected chi connectivity index (χ1v) is 23.4. The number of nitrogens with zero attached hydrogens (tertiary/aromatic N) is 6. The third-order valence-electron chi connectivity index (χ3n) is 18.2. The first kappa shape index (κ1) is 38.8. The number of non-ortho nitro benzene ring substituents is 2. The van der Waals surface area contributed by atoms with Crippen LogP contribution in [0.1, 0.15) is 42.4 Å². The number of fused-ring (bicyclic) bond motifs is 6. The Morgan fingerprint density at radius 3 is 2.25 bits per heavy atom. The van der Waals surface area contributed by atoms with Gasteiger partial charge in [0.15, 0.2) is 0 Å². The fourth-order valence-electron chi connectivity index (χ4n) is 16.1. The maximum absolute atomic E-state index is 11.7. The summed E-state index contributed by atoms with van der Waals surface area (Å²) in [5, 5.41) is 34.1. The molecule has 2 aliphatic carbocycles. The van der Waals surface area contributed by atoms with E-state index < -0.39 is 0 Å². The Kier molecular flexibility index (Phi) is 8.43. The number of nitro benzene ring substituents is 2. The highest BCUT2D eigenvalue weighted by molar-refractivity contribution is 5.70. The highest BCUT2D eigenvalue weighted by Crippen LogP contribution is 2.68. The van der Waals surface area contributed by atoms with E-state index in [-0.39, 0.29) is 63.4 Å². The molecule has 0 aromatic heterocycles. The van der Waals surface area contributed by atoms with Gasteiger partial charge in [-0.3, -0.25) is 20.2 Å². The number of aliphatic hydroxyl groups is 1. The van der Waals surface area contributed by atoms with Gasteiger partial charge in [-0.15, -0.1) is 0 Å². The Labute approximate surface area is 372 Å². The normalized spacial score (nSPS) is 37.5. The first-order chi connectivity index (χ1) is 31.2. The minimum Gasteiger partial charge on any atom is -0.392 e. The Bertz CT molecular complexity index is 2690. The summed E-state index contributed by atoms with van der Waals surface area (Å²) in [6.07, 6.45) is 11.2. The number of hydrogen-bond donors (Lipinski definition) is 1. The summed E-state index contributed by atoms with van der Waals surface area (Å²) in [6, 6.07) is 35.9. The van der Waals surface area contributed by atoms with Gasteiger partial charge >= 0.3 is 0 Å². The average Bonchev–Trinajstić information content (AvgIpc) is 3.89. The van der Waals surface area contributed by atoms with Crippen molar-refractivity contribution < 1.29 is 28.7 Å². The molecule has 7 heterocycles. The highest BCUT2D eigenvalue weighted by Gasteiger charge is 2.75. The smallest absolute Gasteiger partial charge is 0.269 e. The molecule has 1 N–H and O–H groups in total. The molecule has 4 aromatic rings. The summed E-state index contributed by atoms with van der Waals surface area (Å²) >= 11 is 0. The molecule has 4 saturated heterocycles. The lowest BCUT2D eigenvalue weighted by atomic mass is 9.54. The number of para-hydroxylation sites is 2. The summed E-state index contributed by atoms with van der Waals surface area (Å²) < 4.78 is 9.38. The van der Waals surface area contributed by atoms with Crippen LogP contribution in [0.4, 0.5) is 22.7 Å². The molecule has 13 rings (SSSR count). The Morgan fingerprint density at radius 1 is 0.828 bits per heavy atom. The monoisotopic (exact) mass is 858 g/mol. The molecule has 12 nitrogen and oxygen atoms in total. The van der Waals surface area contributed by atoms with E-state index >= 15 is 0 Å². The minimum atomic E-state index is -0.319. The molecule has 64 heavy (non-hydrogen) atoms. The lowest BCUT2D eigenvalue weighted by Gasteiger charge is -2.62. The molecule has 7 aliphatic heterocycles. The van der Waals surface area contributed by atoms with Gasteiger partial charge in [0.05, 0.1) is 59.7 Å². The third-order valence-corrected chi connectivity index (χ3v) is 18.2. The van der Waals surface area contributed by atoms with Gasteiger partial charge in [0.1, 0.15) is 38.4 Å². The molecule has 12 heteroatoms. The molecule has 326 valence electrons. The molecule has 1 spiro atoms. The van der Waals surface area contributed by atoms with Crippen LogP contribution in [0.15, 0.2) is 138 Å². The number of nitro groups is 2. The molecule has 4 bridgehead atoms. The molecule has 6 fully saturated rings. The van der Waals surface area contributed by atoms with Crippen LogP contribution < -0.4 is 9.80 Å². The summed E-state index contributed by atoms with van der Waals surface area (Å²) in [7, 11) is 0. The second-order valence-corrected chi connectivity index (χ2v) is 20.5. The fourth-order valence-corrected chi connectivity index (χ4v) is 16.1. The third kappa shape index (κ3) is 5.25. The summed E-state index contributed by atoms with van der Waals surface area (Å²) in [5.41, 5.74) is 10.6. The number of piperidine rings is 2. The van der Waals surface area contributed by atoms with Gasteiger partial charge in [-0.25, -0.2) is 0 Å². The lowest BCUT2D eigenvalue weighted by Crippen LogP contribution is -2.73. The van der Waals surface area contributed by atoms with Crippen LogP contribution in [0.5, 0.6) is 0 Å². The van der Waals surface area contributed by atoms with E-state index in [2.05, 4.69) is 82.7 Å². The summed E-state index contributed by atoms with van der Waals surface area (Å²) in [6.45, 7) is 6.05. The SMILES string of the molecule is O=[N+]([O-])c1ccc(C[N+]23CCC4C5C(=CN6c7ccccc7C78CC[N+]9(Cc%10ccc([N+](=O)[O-])cc%10)CC%10=CCOC(C(C%10CC79)C68)N5c5ccccc5)C(CC42)C(=CCO)C3)cc1. The number of hydrogen-bond acceptors (Lipinski definition) is 8. The van der Waals surface area contributed by atoms with E-state index in [9.17, 15) is 25.3 Å². The standard InChI is InChI=1S/C52H54N6O6/c59-24-19-35-31-57(29-33-10-14-38(15-11-33)55(60)61)22-18-40-46(57)26-41(35)43-28-53-45-9-5-4-8-44(45)52-21-23-58(30-34-12-16-39(17-13-34)56(62)63)32-36-20-25-64-51(48(50(52)53)42(36)27-47(52)58)54(49(40)43)37-6-2-1-3-7-37/h1-17,19-20,28,40-42,46-51,59H,18,21-27,29-32H2/q+2. The highest BCUT2D eigenvalue weighted by atomic mass is 16.6. The number of anilines is 2. The molecule has 12 unspecified atom stereocenters. The van der Waals surface area contributed by atoms with Crippen LogP contribution in [0.2, 0.25) is 0 Å². The maximum atomic E-state index is 11.7.